The number of halogens is 1. The van der Waals surface area contributed by atoms with Crippen LogP contribution in [0.2, 0.25) is 0 Å². The van der Waals surface area contributed by atoms with E-state index in [1.54, 1.807) is 0 Å². The summed E-state index contributed by atoms with van der Waals surface area (Å²) in [4.78, 5) is 12.4. The summed E-state index contributed by atoms with van der Waals surface area (Å²) >= 11 is 0. The van der Waals surface area contributed by atoms with Crippen LogP contribution in [0, 0.1) is 12.8 Å². The molecule has 144 valence electrons. The first-order valence-electron chi connectivity index (χ1n) is 9.84. The molecule has 2 unspecified atom stereocenters. The number of nitrogens with one attached hydrogen (secondary N) is 2. The Morgan fingerprint density at radius 2 is 1.70 bits per heavy atom. The van der Waals surface area contributed by atoms with Crippen LogP contribution in [0.15, 0.2) is 48.5 Å². The molecule has 0 aromatic heterocycles. The number of aryl methyl sites for hydroxylation is 1. The van der Waals surface area contributed by atoms with Crippen molar-refractivity contribution in [2.24, 2.45) is 5.92 Å². The number of piperidine rings is 1. The highest BCUT2D eigenvalue weighted by molar-refractivity contribution is 5.85. The van der Waals surface area contributed by atoms with Crippen molar-refractivity contribution >= 4 is 18.3 Å². The lowest BCUT2D eigenvalue weighted by atomic mass is 9.89. The Kier molecular flexibility index (Phi) is 6.56. The van der Waals surface area contributed by atoms with Crippen LogP contribution >= 0.6 is 12.4 Å². The number of carbonyl (C=O) groups is 1. The number of rotatable bonds is 5. The van der Waals surface area contributed by atoms with Gasteiger partial charge in [0.2, 0.25) is 5.91 Å². The monoisotopic (exact) mass is 384 g/mol. The third kappa shape index (κ3) is 5.12. The molecule has 2 fully saturated rings. The van der Waals surface area contributed by atoms with Crippen LogP contribution in [0.4, 0.5) is 0 Å². The molecule has 0 aliphatic carbocycles. The van der Waals surface area contributed by atoms with E-state index in [4.69, 9.17) is 0 Å². The molecule has 2 bridgehead atoms. The standard InChI is InChI=1S/C23H28N2O.ClH/c1-16-4-2-6-19(10-16)20-7-3-5-17(11-20)15-24-23(26)14-18-12-21-8-9-22(13-18)25-21;/h2-7,10-11,18,21-22,25H,8-9,12-15H2,1H3,(H,24,26);1H. The van der Waals surface area contributed by atoms with E-state index in [1.165, 1.54) is 29.5 Å². The largest absolute Gasteiger partial charge is 0.352 e. The molecular formula is C23H29ClN2O. The smallest absolute Gasteiger partial charge is 0.220 e. The lowest BCUT2D eigenvalue weighted by Gasteiger charge is -2.28. The molecule has 4 rings (SSSR count). The number of hydrogen-bond acceptors (Lipinski definition) is 2. The van der Waals surface area contributed by atoms with E-state index in [0.29, 0.717) is 31.0 Å². The summed E-state index contributed by atoms with van der Waals surface area (Å²) in [6.45, 7) is 2.72. The molecule has 0 spiro atoms. The van der Waals surface area contributed by atoms with E-state index in [-0.39, 0.29) is 18.3 Å². The van der Waals surface area contributed by atoms with E-state index in [2.05, 4.69) is 66.1 Å². The molecule has 2 N–H and O–H groups in total. The van der Waals surface area contributed by atoms with Crippen LogP contribution in [-0.4, -0.2) is 18.0 Å². The quantitative estimate of drug-likeness (QED) is 0.789. The fourth-order valence-corrected chi connectivity index (χ4v) is 4.56. The minimum absolute atomic E-state index is 0. The Balaban J connectivity index is 0.00000210. The zero-order chi connectivity index (χ0) is 17.9. The molecule has 2 aliphatic heterocycles. The molecule has 2 aromatic carbocycles. The van der Waals surface area contributed by atoms with Gasteiger partial charge in [-0.25, -0.2) is 0 Å². The fourth-order valence-electron chi connectivity index (χ4n) is 4.56. The van der Waals surface area contributed by atoms with E-state index >= 15 is 0 Å². The third-order valence-electron chi connectivity index (χ3n) is 5.81. The Morgan fingerprint density at radius 1 is 1.04 bits per heavy atom. The van der Waals surface area contributed by atoms with Crippen molar-refractivity contribution in [2.75, 3.05) is 0 Å². The van der Waals surface area contributed by atoms with Crippen LogP contribution < -0.4 is 10.6 Å². The second kappa shape index (κ2) is 8.90. The van der Waals surface area contributed by atoms with Gasteiger partial charge in [-0.2, -0.15) is 0 Å². The maximum atomic E-state index is 12.4. The molecule has 3 nitrogen and oxygen atoms in total. The molecule has 2 atom stereocenters. The number of benzene rings is 2. The minimum Gasteiger partial charge on any atom is -0.352 e. The molecule has 0 radical (unpaired) electrons. The summed E-state index contributed by atoms with van der Waals surface area (Å²) in [5.74, 6) is 0.740. The molecule has 0 saturated carbocycles. The summed E-state index contributed by atoms with van der Waals surface area (Å²) in [6.07, 6.45) is 5.56. The Labute approximate surface area is 168 Å². The summed E-state index contributed by atoms with van der Waals surface area (Å²) in [7, 11) is 0. The molecule has 1 amide bonds. The van der Waals surface area contributed by atoms with Gasteiger partial charge in [-0.1, -0.05) is 48.0 Å². The molecule has 2 aliphatic rings. The highest BCUT2D eigenvalue weighted by Crippen LogP contribution is 2.32. The number of fused-ring (bicyclic) bond motifs is 2. The van der Waals surface area contributed by atoms with Crippen molar-refractivity contribution in [3.05, 3.63) is 59.7 Å². The van der Waals surface area contributed by atoms with Crippen LogP contribution in [0.25, 0.3) is 11.1 Å². The summed E-state index contributed by atoms with van der Waals surface area (Å²) in [6, 6.07) is 18.3. The van der Waals surface area contributed by atoms with Gasteiger partial charge in [-0.3, -0.25) is 4.79 Å². The van der Waals surface area contributed by atoms with E-state index in [1.807, 2.05) is 0 Å². The molecule has 2 heterocycles. The number of carbonyl (C=O) groups excluding carboxylic acids is 1. The van der Waals surface area contributed by atoms with Gasteiger partial charge in [0, 0.05) is 25.0 Å². The highest BCUT2D eigenvalue weighted by Gasteiger charge is 2.34. The molecule has 27 heavy (non-hydrogen) atoms. The van der Waals surface area contributed by atoms with Gasteiger partial charge in [0.05, 0.1) is 0 Å². The van der Waals surface area contributed by atoms with E-state index in [9.17, 15) is 4.79 Å². The van der Waals surface area contributed by atoms with Gasteiger partial charge >= 0.3 is 0 Å². The van der Waals surface area contributed by atoms with E-state index < -0.39 is 0 Å². The lowest BCUT2D eigenvalue weighted by molar-refractivity contribution is -0.122. The highest BCUT2D eigenvalue weighted by atomic mass is 35.5. The summed E-state index contributed by atoms with van der Waals surface area (Å²) in [5.41, 5.74) is 4.85. The second-order valence-electron chi connectivity index (χ2n) is 8.03. The fraction of sp³-hybridized carbons (Fsp3) is 0.435. The zero-order valence-electron chi connectivity index (χ0n) is 15.9. The minimum atomic E-state index is 0. The Hall–Kier alpha value is -1.84. The average Bonchev–Trinajstić information content (AvgIpc) is 2.99. The van der Waals surface area contributed by atoms with Crippen molar-refractivity contribution in [3.63, 3.8) is 0 Å². The number of hydrogen-bond donors (Lipinski definition) is 2. The van der Waals surface area contributed by atoms with Gasteiger partial charge in [-0.05, 0) is 61.3 Å². The predicted molar refractivity (Wildman–Crippen MR) is 113 cm³/mol. The molecule has 4 heteroatoms. The van der Waals surface area contributed by atoms with Crippen molar-refractivity contribution < 1.29 is 4.79 Å². The maximum Gasteiger partial charge on any atom is 0.220 e. The van der Waals surface area contributed by atoms with Crippen LogP contribution in [0.3, 0.4) is 0 Å². The van der Waals surface area contributed by atoms with Crippen LogP contribution in [-0.2, 0) is 11.3 Å². The summed E-state index contributed by atoms with van der Waals surface area (Å²) in [5, 5.41) is 6.77. The van der Waals surface area contributed by atoms with Gasteiger partial charge in [0.25, 0.3) is 0 Å². The Bertz CT molecular complexity index is 779. The van der Waals surface area contributed by atoms with Crippen LogP contribution in [0.1, 0.15) is 43.2 Å². The van der Waals surface area contributed by atoms with Gasteiger partial charge in [-0.15, -0.1) is 12.4 Å². The van der Waals surface area contributed by atoms with E-state index in [0.717, 1.165) is 18.4 Å². The predicted octanol–water partition coefficient (Wildman–Crippen LogP) is 4.62. The van der Waals surface area contributed by atoms with Crippen LogP contribution in [0.5, 0.6) is 0 Å². The topological polar surface area (TPSA) is 41.1 Å². The Morgan fingerprint density at radius 3 is 2.41 bits per heavy atom. The normalized spacial score (nSPS) is 23.5. The summed E-state index contributed by atoms with van der Waals surface area (Å²) < 4.78 is 0. The van der Waals surface area contributed by atoms with Crippen molar-refractivity contribution in [3.8, 4) is 11.1 Å². The number of amides is 1. The van der Waals surface area contributed by atoms with Gasteiger partial charge < -0.3 is 10.6 Å². The lowest BCUT2D eigenvalue weighted by Crippen LogP contribution is -2.39. The van der Waals surface area contributed by atoms with Crippen molar-refractivity contribution in [2.45, 2.75) is 57.7 Å². The second-order valence-corrected chi connectivity index (χ2v) is 8.03. The first-order valence-corrected chi connectivity index (χ1v) is 9.84. The third-order valence-corrected chi connectivity index (χ3v) is 5.81. The first-order chi connectivity index (χ1) is 12.7. The SMILES string of the molecule is Cc1cccc(-c2cccc(CNC(=O)CC3CC4CCC(C3)N4)c2)c1.Cl. The van der Waals surface area contributed by atoms with Crippen molar-refractivity contribution in [1.29, 1.82) is 0 Å². The molecule has 2 aromatic rings. The molecular weight excluding hydrogens is 356 g/mol. The van der Waals surface area contributed by atoms with Gasteiger partial charge in [0.15, 0.2) is 0 Å². The average molecular weight is 385 g/mol. The zero-order valence-corrected chi connectivity index (χ0v) is 16.7. The first kappa shape index (κ1) is 19.9. The van der Waals surface area contributed by atoms with Crippen molar-refractivity contribution in [1.82, 2.24) is 10.6 Å². The van der Waals surface area contributed by atoms with Gasteiger partial charge in [0.1, 0.15) is 0 Å². The maximum absolute atomic E-state index is 12.4. The molecule has 2 saturated heterocycles.